The molecule has 15 heavy (non-hydrogen) atoms. The second-order valence-corrected chi connectivity index (χ2v) is 2.45. The van der Waals surface area contributed by atoms with Crippen molar-refractivity contribution in [2.24, 2.45) is 0 Å². The van der Waals surface area contributed by atoms with E-state index < -0.39 is 34.2 Å². The van der Waals surface area contributed by atoms with Crippen molar-refractivity contribution >= 4 is 12.1 Å². The van der Waals surface area contributed by atoms with Crippen molar-refractivity contribution in [1.29, 1.82) is 0 Å². The Morgan fingerprint density at radius 1 is 1.53 bits per heavy atom. The van der Waals surface area contributed by atoms with Crippen LogP contribution in [0, 0.1) is 15.9 Å². The van der Waals surface area contributed by atoms with Gasteiger partial charge in [-0.3, -0.25) is 4.79 Å². The molecule has 1 heterocycles. The molecule has 0 bridgehead atoms. The van der Waals surface area contributed by atoms with Crippen molar-refractivity contribution < 1.29 is 22.9 Å². The van der Waals surface area contributed by atoms with Gasteiger partial charge in [0.1, 0.15) is 0 Å². The van der Waals surface area contributed by atoms with E-state index in [1.54, 1.807) is 0 Å². The quantitative estimate of drug-likeness (QED) is 0.442. The lowest BCUT2D eigenvalue weighted by Crippen LogP contribution is -2.04. The van der Waals surface area contributed by atoms with Gasteiger partial charge in [0.05, 0.1) is 5.56 Å². The number of halogens is 3. The fourth-order valence-electron chi connectivity index (χ4n) is 0.896. The second-order valence-electron chi connectivity index (χ2n) is 2.45. The van der Waals surface area contributed by atoms with Gasteiger partial charge >= 0.3 is 5.82 Å². The Bertz CT molecular complexity index is 422. The minimum absolute atomic E-state index is 0.0261. The van der Waals surface area contributed by atoms with Crippen LogP contribution in [0.25, 0.3) is 0 Å². The lowest BCUT2D eigenvalue weighted by atomic mass is 10.2. The molecule has 0 N–H and O–H groups in total. The number of nitrogens with zero attached hydrogens (tertiary/aromatic N) is 2. The van der Waals surface area contributed by atoms with Gasteiger partial charge in [-0.25, -0.2) is 8.78 Å². The van der Waals surface area contributed by atoms with Gasteiger partial charge in [0, 0.05) is 6.07 Å². The Labute approximate surface area is 80.7 Å². The molecule has 5 nitrogen and oxygen atoms in total. The largest absolute Gasteiger partial charge is 0.400 e. The number of carbonyl (C=O) groups excluding carboxylic acids is 1. The normalized spacial score (nSPS) is 10.4. The van der Waals surface area contributed by atoms with Gasteiger partial charge in [0.15, 0.2) is 6.29 Å². The third-order valence-corrected chi connectivity index (χ3v) is 1.52. The van der Waals surface area contributed by atoms with Crippen LogP contribution in [0.15, 0.2) is 6.07 Å². The van der Waals surface area contributed by atoms with Crippen LogP contribution < -0.4 is 0 Å². The Hall–Kier alpha value is -1.99. The highest BCUT2D eigenvalue weighted by molar-refractivity contribution is 5.72. The first-order valence-electron chi connectivity index (χ1n) is 3.55. The van der Waals surface area contributed by atoms with E-state index in [2.05, 4.69) is 4.98 Å². The molecule has 80 valence electrons. The summed E-state index contributed by atoms with van der Waals surface area (Å²) in [5.41, 5.74) is -1.82. The molecule has 0 aromatic carbocycles. The maximum atomic E-state index is 13.0. The van der Waals surface area contributed by atoms with Gasteiger partial charge in [0.25, 0.3) is 6.43 Å². The molecule has 0 aliphatic carbocycles. The Morgan fingerprint density at radius 2 is 2.13 bits per heavy atom. The predicted octanol–water partition coefficient (Wildman–Crippen LogP) is 1.88. The summed E-state index contributed by atoms with van der Waals surface area (Å²) >= 11 is 0. The highest BCUT2D eigenvalue weighted by atomic mass is 19.3. The van der Waals surface area contributed by atoms with Crippen LogP contribution in [0.3, 0.4) is 0 Å². The number of nitro groups is 1. The van der Waals surface area contributed by atoms with Gasteiger partial charge < -0.3 is 10.1 Å². The molecule has 0 aliphatic heterocycles. The minimum atomic E-state index is -3.24. The van der Waals surface area contributed by atoms with Gasteiger partial charge in [-0.15, -0.1) is 0 Å². The summed E-state index contributed by atoms with van der Waals surface area (Å²) in [4.78, 5) is 22.1. The first-order chi connectivity index (χ1) is 6.97. The van der Waals surface area contributed by atoms with Crippen LogP contribution in [-0.2, 0) is 0 Å². The molecule has 0 aliphatic rings. The predicted molar refractivity (Wildman–Crippen MR) is 41.2 cm³/mol. The van der Waals surface area contributed by atoms with Crippen molar-refractivity contribution in [3.63, 3.8) is 0 Å². The molecule has 0 saturated carbocycles. The molecule has 8 heteroatoms. The minimum Gasteiger partial charge on any atom is -0.358 e. The van der Waals surface area contributed by atoms with Crippen LogP contribution in [0.4, 0.5) is 19.0 Å². The smallest absolute Gasteiger partial charge is 0.358 e. The SMILES string of the molecule is O=Cc1cc(C(F)F)c(F)c([N+](=O)[O-])n1. The molecule has 1 rings (SSSR count). The summed E-state index contributed by atoms with van der Waals surface area (Å²) in [6.07, 6.45) is -3.22. The number of alkyl halides is 2. The standard InChI is InChI=1S/C7H3F3N2O3/c8-5-4(6(9)10)1-3(2-13)11-7(5)12(14)15/h1-2,6H. The molecule has 0 fully saturated rings. The topological polar surface area (TPSA) is 73.1 Å². The van der Waals surface area contributed by atoms with Crippen molar-refractivity contribution in [3.8, 4) is 0 Å². The van der Waals surface area contributed by atoms with Crippen LogP contribution in [0.5, 0.6) is 0 Å². The maximum absolute atomic E-state index is 13.0. The molecular formula is C7H3F3N2O3. The molecule has 0 amide bonds. The van der Waals surface area contributed by atoms with Gasteiger partial charge in [0.2, 0.25) is 11.5 Å². The number of hydrogen-bond acceptors (Lipinski definition) is 4. The summed E-state index contributed by atoms with van der Waals surface area (Å²) in [7, 11) is 0. The van der Waals surface area contributed by atoms with E-state index in [0.717, 1.165) is 0 Å². The Morgan fingerprint density at radius 3 is 2.53 bits per heavy atom. The number of rotatable bonds is 3. The molecule has 0 unspecified atom stereocenters. The van der Waals surface area contributed by atoms with Gasteiger partial charge in [-0.05, 0) is 9.91 Å². The summed E-state index contributed by atoms with van der Waals surface area (Å²) in [5, 5.41) is 10.2. The monoisotopic (exact) mass is 220 g/mol. The van der Waals surface area contributed by atoms with Crippen LogP contribution in [0.2, 0.25) is 0 Å². The number of pyridine rings is 1. The number of carbonyl (C=O) groups is 1. The van der Waals surface area contributed by atoms with Crippen molar-refractivity contribution in [2.75, 3.05) is 0 Å². The molecule has 1 aromatic heterocycles. The molecule has 0 atom stereocenters. The lowest BCUT2D eigenvalue weighted by Gasteiger charge is -2.01. The number of aldehydes is 1. The summed E-state index contributed by atoms with van der Waals surface area (Å²) in [6, 6.07) is 0.472. The molecule has 0 saturated heterocycles. The number of hydrogen-bond donors (Lipinski definition) is 0. The van der Waals surface area contributed by atoms with Crippen LogP contribution >= 0.6 is 0 Å². The maximum Gasteiger partial charge on any atom is 0.400 e. The zero-order valence-electron chi connectivity index (χ0n) is 6.99. The highest BCUT2D eigenvalue weighted by Crippen LogP contribution is 2.27. The van der Waals surface area contributed by atoms with E-state index in [1.165, 1.54) is 0 Å². The van der Waals surface area contributed by atoms with Crippen molar-refractivity contribution in [3.05, 3.63) is 33.3 Å². The first-order valence-corrected chi connectivity index (χ1v) is 3.55. The van der Waals surface area contributed by atoms with E-state index in [-0.39, 0.29) is 6.29 Å². The molecular weight excluding hydrogens is 217 g/mol. The molecule has 1 aromatic rings. The van der Waals surface area contributed by atoms with Gasteiger partial charge in [-0.2, -0.15) is 4.39 Å². The van der Waals surface area contributed by atoms with E-state index in [9.17, 15) is 28.1 Å². The fourth-order valence-corrected chi connectivity index (χ4v) is 0.896. The third kappa shape index (κ3) is 2.09. The first kappa shape index (κ1) is 11.1. The lowest BCUT2D eigenvalue weighted by molar-refractivity contribution is -0.392. The van der Waals surface area contributed by atoms with E-state index in [1.807, 2.05) is 0 Å². The number of aromatic nitrogens is 1. The van der Waals surface area contributed by atoms with Crippen LogP contribution in [-0.4, -0.2) is 16.2 Å². The average Bonchev–Trinajstić information content (AvgIpc) is 2.17. The van der Waals surface area contributed by atoms with E-state index in [4.69, 9.17) is 0 Å². The van der Waals surface area contributed by atoms with Crippen LogP contribution in [0.1, 0.15) is 22.5 Å². The summed E-state index contributed by atoms with van der Waals surface area (Å²) in [5.74, 6) is -3.10. The zero-order chi connectivity index (χ0) is 11.6. The van der Waals surface area contributed by atoms with E-state index in [0.29, 0.717) is 6.07 Å². The van der Waals surface area contributed by atoms with E-state index >= 15 is 0 Å². The fraction of sp³-hybridized carbons (Fsp3) is 0.143. The molecule has 0 radical (unpaired) electrons. The average molecular weight is 220 g/mol. The Kier molecular flexibility index (Phi) is 2.98. The Balaban J connectivity index is 3.46. The zero-order valence-corrected chi connectivity index (χ0v) is 6.99. The van der Waals surface area contributed by atoms with Crippen molar-refractivity contribution in [1.82, 2.24) is 4.98 Å². The summed E-state index contributed by atoms with van der Waals surface area (Å²) < 4.78 is 37.4. The highest BCUT2D eigenvalue weighted by Gasteiger charge is 2.27. The second kappa shape index (κ2) is 4.03. The third-order valence-electron chi connectivity index (χ3n) is 1.52. The van der Waals surface area contributed by atoms with Crippen molar-refractivity contribution in [2.45, 2.75) is 6.43 Å². The van der Waals surface area contributed by atoms with Gasteiger partial charge in [-0.1, -0.05) is 0 Å². The summed E-state index contributed by atoms with van der Waals surface area (Å²) in [6.45, 7) is 0. The molecule has 0 spiro atoms.